The van der Waals surface area contributed by atoms with E-state index < -0.39 is 74.1 Å². The van der Waals surface area contributed by atoms with Crippen molar-refractivity contribution in [3.05, 3.63) is 0 Å². The van der Waals surface area contributed by atoms with Gasteiger partial charge in [-0.2, -0.15) is 0 Å². The fraction of sp³-hybridized carbons (Fsp3) is 1.00. The average Bonchev–Trinajstić information content (AvgIpc) is 2.55. The van der Waals surface area contributed by atoms with Crippen LogP contribution < -0.4 is 0 Å². The normalized spacial score (nSPS) is 53.1. The summed E-state index contributed by atoms with van der Waals surface area (Å²) in [5.41, 5.74) is 0. The van der Waals surface area contributed by atoms with E-state index in [-0.39, 0.29) is 0 Å². The first kappa shape index (κ1) is 19.9. The van der Waals surface area contributed by atoms with Crippen molar-refractivity contribution < 1.29 is 55.1 Å². The van der Waals surface area contributed by atoms with Gasteiger partial charge in [-0.05, 0) is 6.92 Å². The highest BCUT2D eigenvalue weighted by atomic mass is 16.7. The SMILES string of the molecule is C[C@]1(O)O[C@H](CO)[C@@H](O[C@@H]2O[C@H](CO)[C@H](O)[C@H](O)[C@H]2O)[C@H](O)[C@H]1O. The Bertz CT molecular complexity index is 415. The molecule has 24 heavy (non-hydrogen) atoms. The van der Waals surface area contributed by atoms with Crippen LogP contribution in [-0.2, 0) is 14.2 Å². The Morgan fingerprint density at radius 1 is 0.875 bits per heavy atom. The summed E-state index contributed by atoms with van der Waals surface area (Å²) in [6, 6.07) is 0. The summed E-state index contributed by atoms with van der Waals surface area (Å²) in [6.45, 7) is -0.273. The highest BCUT2D eigenvalue weighted by Crippen LogP contribution is 2.32. The van der Waals surface area contributed by atoms with Gasteiger partial charge in [0, 0.05) is 0 Å². The maximum absolute atomic E-state index is 10.1. The number of rotatable bonds is 4. The molecule has 0 amide bonds. The van der Waals surface area contributed by atoms with Crippen LogP contribution in [0.15, 0.2) is 0 Å². The lowest BCUT2D eigenvalue weighted by Gasteiger charge is -2.48. The Hall–Kier alpha value is -0.440. The molecule has 2 heterocycles. The van der Waals surface area contributed by atoms with Gasteiger partial charge in [0.25, 0.3) is 0 Å². The molecule has 0 radical (unpaired) electrons. The fourth-order valence-corrected chi connectivity index (χ4v) is 2.80. The lowest BCUT2D eigenvalue weighted by Crippen LogP contribution is -2.67. The van der Waals surface area contributed by atoms with Gasteiger partial charge in [-0.1, -0.05) is 0 Å². The zero-order valence-electron chi connectivity index (χ0n) is 12.9. The molecule has 2 rings (SSSR count). The van der Waals surface area contributed by atoms with Crippen LogP contribution in [-0.4, -0.2) is 115 Å². The quantitative estimate of drug-likeness (QED) is 0.241. The lowest BCUT2D eigenvalue weighted by molar-refractivity contribution is -0.378. The van der Waals surface area contributed by atoms with Crippen molar-refractivity contribution >= 4 is 0 Å². The van der Waals surface area contributed by atoms with E-state index in [2.05, 4.69) is 0 Å². The molecule has 2 aliphatic rings. The topological polar surface area (TPSA) is 190 Å². The van der Waals surface area contributed by atoms with E-state index in [1.54, 1.807) is 0 Å². The van der Waals surface area contributed by atoms with Gasteiger partial charge >= 0.3 is 0 Å². The fourth-order valence-electron chi connectivity index (χ4n) is 2.80. The molecule has 11 heteroatoms. The van der Waals surface area contributed by atoms with Crippen molar-refractivity contribution in [2.75, 3.05) is 13.2 Å². The van der Waals surface area contributed by atoms with Crippen molar-refractivity contribution in [3.8, 4) is 0 Å². The Kier molecular flexibility index (Phi) is 6.16. The molecule has 0 aliphatic carbocycles. The second kappa shape index (κ2) is 7.43. The summed E-state index contributed by atoms with van der Waals surface area (Å²) in [5, 5.41) is 77.7. The Balaban J connectivity index is 2.15. The molecule has 0 saturated carbocycles. The summed E-state index contributed by atoms with van der Waals surface area (Å²) in [6.07, 6.45) is -14.0. The van der Waals surface area contributed by atoms with E-state index >= 15 is 0 Å². The molecule has 0 bridgehead atoms. The molecule has 10 atom stereocenters. The van der Waals surface area contributed by atoms with Crippen LogP contribution in [0.1, 0.15) is 6.92 Å². The van der Waals surface area contributed by atoms with Gasteiger partial charge in [0.05, 0.1) is 13.2 Å². The van der Waals surface area contributed by atoms with Gasteiger partial charge in [0.1, 0.15) is 48.8 Å². The first-order valence-electron chi connectivity index (χ1n) is 7.47. The summed E-state index contributed by atoms with van der Waals surface area (Å²) in [7, 11) is 0. The molecule has 0 spiro atoms. The number of aliphatic hydroxyl groups is 8. The standard InChI is InChI=1S/C13H24O11/c1-13(21)11(20)9(19)10(5(3-15)24-13)23-12-8(18)7(17)6(16)4(2-14)22-12/h4-12,14-21H,2-3H2,1H3/t4-,5-,6+,7+,8-,9+,10-,11-,12+,13+/m1/s1. The van der Waals surface area contributed by atoms with E-state index in [1.165, 1.54) is 0 Å². The van der Waals surface area contributed by atoms with E-state index in [4.69, 9.17) is 19.3 Å². The first-order chi connectivity index (χ1) is 11.1. The van der Waals surface area contributed by atoms with Crippen molar-refractivity contribution in [1.82, 2.24) is 0 Å². The first-order valence-corrected chi connectivity index (χ1v) is 7.47. The second-order valence-corrected chi connectivity index (χ2v) is 6.13. The average molecular weight is 356 g/mol. The van der Waals surface area contributed by atoms with Gasteiger partial charge in [-0.25, -0.2) is 0 Å². The van der Waals surface area contributed by atoms with Crippen molar-refractivity contribution in [2.24, 2.45) is 0 Å². The molecule has 2 aliphatic heterocycles. The maximum atomic E-state index is 10.1. The smallest absolute Gasteiger partial charge is 0.192 e. The largest absolute Gasteiger partial charge is 0.394 e. The van der Waals surface area contributed by atoms with Crippen LogP contribution in [0, 0.1) is 0 Å². The molecular formula is C13H24O11. The summed E-state index contributed by atoms with van der Waals surface area (Å²) >= 11 is 0. The minimum Gasteiger partial charge on any atom is -0.394 e. The minimum atomic E-state index is -2.14. The van der Waals surface area contributed by atoms with Crippen molar-refractivity contribution in [2.45, 2.75) is 67.8 Å². The van der Waals surface area contributed by atoms with Gasteiger partial charge in [0.15, 0.2) is 12.1 Å². The van der Waals surface area contributed by atoms with Gasteiger partial charge in [-0.3, -0.25) is 0 Å². The summed E-state index contributed by atoms with van der Waals surface area (Å²) in [4.78, 5) is 0. The maximum Gasteiger partial charge on any atom is 0.192 e. The third-order valence-electron chi connectivity index (χ3n) is 4.28. The molecule has 2 fully saturated rings. The summed E-state index contributed by atoms with van der Waals surface area (Å²) in [5.74, 6) is -2.14. The van der Waals surface area contributed by atoms with E-state index in [1.807, 2.05) is 0 Å². The van der Waals surface area contributed by atoms with E-state index in [0.29, 0.717) is 0 Å². The third kappa shape index (κ3) is 3.57. The predicted octanol–water partition coefficient (Wildman–Crippen LogP) is -5.01. The molecule has 0 aromatic rings. The molecule has 0 aromatic heterocycles. The molecule has 142 valence electrons. The second-order valence-electron chi connectivity index (χ2n) is 6.13. The molecule has 11 nitrogen and oxygen atoms in total. The van der Waals surface area contributed by atoms with Crippen molar-refractivity contribution in [1.29, 1.82) is 0 Å². The molecule has 2 saturated heterocycles. The van der Waals surface area contributed by atoms with Gasteiger partial charge in [-0.15, -0.1) is 0 Å². The molecule has 0 aromatic carbocycles. The minimum absolute atomic E-state index is 0.671. The van der Waals surface area contributed by atoms with Crippen LogP contribution in [0.2, 0.25) is 0 Å². The zero-order valence-corrected chi connectivity index (χ0v) is 12.9. The van der Waals surface area contributed by atoms with Crippen LogP contribution in [0.25, 0.3) is 0 Å². The van der Waals surface area contributed by atoms with Gasteiger partial charge < -0.3 is 55.1 Å². The molecule has 8 N–H and O–H groups in total. The van der Waals surface area contributed by atoms with Crippen LogP contribution in [0.5, 0.6) is 0 Å². The molecule has 0 unspecified atom stereocenters. The number of hydrogen-bond donors (Lipinski definition) is 8. The summed E-state index contributed by atoms with van der Waals surface area (Å²) < 4.78 is 15.5. The number of hydrogen-bond acceptors (Lipinski definition) is 11. The highest BCUT2D eigenvalue weighted by Gasteiger charge is 2.53. The van der Waals surface area contributed by atoms with E-state index in [0.717, 1.165) is 6.92 Å². The number of aliphatic hydroxyl groups excluding tert-OH is 7. The predicted molar refractivity (Wildman–Crippen MR) is 73.2 cm³/mol. The lowest BCUT2D eigenvalue weighted by atomic mass is 9.93. The monoisotopic (exact) mass is 356 g/mol. The Labute approximate surface area is 137 Å². The Morgan fingerprint density at radius 3 is 2.00 bits per heavy atom. The highest BCUT2D eigenvalue weighted by molar-refractivity contribution is 4.96. The van der Waals surface area contributed by atoms with Gasteiger partial charge in [0.2, 0.25) is 0 Å². The van der Waals surface area contributed by atoms with Crippen LogP contribution in [0.4, 0.5) is 0 Å². The molecular weight excluding hydrogens is 332 g/mol. The third-order valence-corrected chi connectivity index (χ3v) is 4.28. The van der Waals surface area contributed by atoms with Crippen LogP contribution >= 0.6 is 0 Å². The number of ether oxygens (including phenoxy) is 3. The zero-order chi connectivity index (χ0) is 18.2. The van der Waals surface area contributed by atoms with Crippen molar-refractivity contribution in [3.63, 3.8) is 0 Å². The van der Waals surface area contributed by atoms with E-state index in [9.17, 15) is 35.7 Å². The Morgan fingerprint density at radius 2 is 1.46 bits per heavy atom. The van der Waals surface area contributed by atoms with Crippen LogP contribution in [0.3, 0.4) is 0 Å².